The SMILES string of the molecule is [C-]#[N+]c1ccc(N2C(=O)C3(CCC3)N(c3ccc(CCCC(=O)N(C)C)cc3)C2=S)cc1C. The number of hydrogen-bond donors (Lipinski definition) is 0. The van der Waals surface area contributed by atoms with Gasteiger partial charge in [0.2, 0.25) is 5.91 Å². The molecule has 1 heterocycles. The summed E-state index contributed by atoms with van der Waals surface area (Å²) in [7, 11) is 3.55. The van der Waals surface area contributed by atoms with Gasteiger partial charge in [-0.3, -0.25) is 14.5 Å². The van der Waals surface area contributed by atoms with Gasteiger partial charge in [-0.25, -0.2) is 4.85 Å². The summed E-state index contributed by atoms with van der Waals surface area (Å²) < 4.78 is 0. The van der Waals surface area contributed by atoms with Crippen molar-refractivity contribution in [3.63, 3.8) is 0 Å². The molecule has 1 saturated carbocycles. The van der Waals surface area contributed by atoms with Gasteiger partial charge in [0, 0.05) is 31.9 Å². The Kier molecular flexibility index (Phi) is 6.22. The second-order valence-corrected chi connectivity index (χ2v) is 9.40. The molecule has 2 aromatic rings. The van der Waals surface area contributed by atoms with Gasteiger partial charge < -0.3 is 9.80 Å². The molecule has 33 heavy (non-hydrogen) atoms. The Morgan fingerprint density at radius 1 is 1.15 bits per heavy atom. The maximum atomic E-state index is 13.6. The van der Waals surface area contributed by atoms with Crippen LogP contribution in [0.2, 0.25) is 0 Å². The lowest BCUT2D eigenvalue weighted by Gasteiger charge is -2.43. The first-order chi connectivity index (χ1) is 15.8. The summed E-state index contributed by atoms with van der Waals surface area (Å²) in [6.45, 7) is 9.16. The lowest BCUT2D eigenvalue weighted by atomic mass is 9.75. The molecule has 0 aromatic heterocycles. The fraction of sp³-hybridized carbons (Fsp3) is 0.385. The van der Waals surface area contributed by atoms with E-state index in [9.17, 15) is 9.59 Å². The Morgan fingerprint density at radius 2 is 1.82 bits per heavy atom. The molecule has 0 radical (unpaired) electrons. The molecule has 7 heteroatoms. The number of hydrogen-bond acceptors (Lipinski definition) is 3. The van der Waals surface area contributed by atoms with Crippen molar-refractivity contribution in [3.05, 3.63) is 65.0 Å². The van der Waals surface area contributed by atoms with E-state index in [-0.39, 0.29) is 11.8 Å². The van der Waals surface area contributed by atoms with Crippen LogP contribution in [0.25, 0.3) is 4.85 Å². The molecule has 0 bridgehead atoms. The van der Waals surface area contributed by atoms with Gasteiger partial charge in [0.05, 0.1) is 6.57 Å². The first kappa shape index (κ1) is 22.9. The summed E-state index contributed by atoms with van der Waals surface area (Å²) >= 11 is 5.84. The third-order valence-corrected chi connectivity index (χ3v) is 7.07. The number of amides is 2. The molecule has 0 atom stereocenters. The number of carbonyl (C=O) groups is 2. The Hall–Kier alpha value is -3.24. The summed E-state index contributed by atoms with van der Waals surface area (Å²) in [6.07, 6.45) is 4.70. The number of carbonyl (C=O) groups excluding carboxylic acids is 2. The van der Waals surface area contributed by atoms with Crippen LogP contribution in [0.3, 0.4) is 0 Å². The molecule has 2 aromatic carbocycles. The minimum absolute atomic E-state index is 0.0139. The number of rotatable bonds is 6. The Labute approximate surface area is 200 Å². The molecule has 1 saturated heterocycles. The topological polar surface area (TPSA) is 48.2 Å². The van der Waals surface area contributed by atoms with Crippen LogP contribution in [-0.4, -0.2) is 41.5 Å². The van der Waals surface area contributed by atoms with Gasteiger partial charge in [-0.2, -0.15) is 0 Å². The molecule has 1 aliphatic heterocycles. The molecule has 0 unspecified atom stereocenters. The van der Waals surface area contributed by atoms with Crippen LogP contribution >= 0.6 is 12.2 Å². The van der Waals surface area contributed by atoms with Gasteiger partial charge in [-0.1, -0.05) is 18.2 Å². The van der Waals surface area contributed by atoms with Gasteiger partial charge in [-0.15, -0.1) is 0 Å². The van der Waals surface area contributed by atoms with Crippen molar-refractivity contribution in [3.8, 4) is 0 Å². The summed E-state index contributed by atoms with van der Waals surface area (Å²) in [4.78, 5) is 34.2. The van der Waals surface area contributed by atoms with Crippen LogP contribution < -0.4 is 9.80 Å². The first-order valence-electron chi connectivity index (χ1n) is 11.2. The molecule has 2 amide bonds. The van der Waals surface area contributed by atoms with Crippen molar-refractivity contribution in [2.45, 2.75) is 51.0 Å². The van der Waals surface area contributed by atoms with E-state index < -0.39 is 5.54 Å². The molecule has 4 rings (SSSR count). The lowest BCUT2D eigenvalue weighted by Crippen LogP contribution is -2.55. The molecule has 0 N–H and O–H groups in total. The largest absolute Gasteiger partial charge is 0.349 e. The minimum atomic E-state index is -0.622. The standard InChI is InChI=1S/C26H28N4O2S/c1-18-17-21(13-14-22(18)27-2)29-24(32)26(15-6-16-26)30(25(29)33)20-11-9-19(10-12-20)7-5-8-23(31)28(3)4/h9-14,17H,5-8,15-16H2,1,3-4H3. The third-order valence-electron chi connectivity index (χ3n) is 6.70. The molecule has 1 aliphatic carbocycles. The lowest BCUT2D eigenvalue weighted by molar-refractivity contribution is -0.128. The first-order valence-corrected chi connectivity index (χ1v) is 11.7. The molecule has 1 spiro atoms. The fourth-order valence-electron chi connectivity index (χ4n) is 4.59. The highest BCUT2D eigenvalue weighted by molar-refractivity contribution is 7.81. The Bertz CT molecular complexity index is 1150. The summed E-state index contributed by atoms with van der Waals surface area (Å²) in [5.74, 6) is 0.152. The molecule has 2 aliphatic rings. The normalized spacial score (nSPS) is 16.7. The van der Waals surface area contributed by atoms with E-state index >= 15 is 0 Å². The average Bonchev–Trinajstić information content (AvgIpc) is 3.00. The Morgan fingerprint density at radius 3 is 2.36 bits per heavy atom. The van der Waals surface area contributed by atoms with Gasteiger partial charge >= 0.3 is 0 Å². The second-order valence-electron chi connectivity index (χ2n) is 9.03. The number of nitrogens with zero attached hydrogens (tertiary/aromatic N) is 4. The fourth-order valence-corrected chi connectivity index (χ4v) is 5.06. The van der Waals surface area contributed by atoms with Crippen LogP contribution in [0, 0.1) is 13.5 Å². The zero-order valence-corrected chi connectivity index (χ0v) is 20.1. The van der Waals surface area contributed by atoms with Gasteiger partial charge in [0.25, 0.3) is 5.91 Å². The summed E-state index contributed by atoms with van der Waals surface area (Å²) in [5, 5.41) is 0.485. The third kappa shape index (κ3) is 4.00. The average molecular weight is 461 g/mol. The van der Waals surface area contributed by atoms with Crippen molar-refractivity contribution >= 4 is 46.2 Å². The predicted molar refractivity (Wildman–Crippen MR) is 135 cm³/mol. The van der Waals surface area contributed by atoms with Crippen LogP contribution in [-0.2, 0) is 16.0 Å². The molecular formula is C26H28N4O2S. The van der Waals surface area contributed by atoms with E-state index in [2.05, 4.69) is 17.0 Å². The summed E-state index contributed by atoms with van der Waals surface area (Å²) in [5.41, 5.74) is 3.57. The summed E-state index contributed by atoms with van der Waals surface area (Å²) in [6, 6.07) is 13.6. The smallest absolute Gasteiger partial charge is 0.259 e. The van der Waals surface area contributed by atoms with Crippen LogP contribution in [0.5, 0.6) is 0 Å². The number of aryl methyl sites for hydroxylation is 2. The van der Waals surface area contributed by atoms with Crippen molar-refractivity contribution in [1.82, 2.24) is 4.90 Å². The van der Waals surface area contributed by atoms with Crippen molar-refractivity contribution < 1.29 is 9.59 Å². The van der Waals surface area contributed by atoms with E-state index in [0.29, 0.717) is 22.9 Å². The highest BCUT2D eigenvalue weighted by Gasteiger charge is 2.59. The quantitative estimate of drug-likeness (QED) is 0.449. The van der Waals surface area contributed by atoms with Gasteiger partial charge in [0.15, 0.2) is 10.8 Å². The highest BCUT2D eigenvalue weighted by atomic mass is 32.1. The van der Waals surface area contributed by atoms with E-state index in [1.165, 1.54) is 0 Å². The minimum Gasteiger partial charge on any atom is -0.349 e. The molecule has 6 nitrogen and oxygen atoms in total. The maximum Gasteiger partial charge on any atom is 0.259 e. The molecular weight excluding hydrogens is 432 g/mol. The van der Waals surface area contributed by atoms with Gasteiger partial charge in [-0.05, 0) is 86.6 Å². The van der Waals surface area contributed by atoms with E-state index in [1.54, 1.807) is 36.0 Å². The molecule has 170 valence electrons. The Balaban J connectivity index is 1.56. The van der Waals surface area contributed by atoms with E-state index in [1.807, 2.05) is 30.0 Å². The number of anilines is 2. The van der Waals surface area contributed by atoms with Crippen LogP contribution in [0.1, 0.15) is 43.2 Å². The predicted octanol–water partition coefficient (Wildman–Crippen LogP) is 5.02. The van der Waals surface area contributed by atoms with E-state index in [0.717, 1.165) is 48.9 Å². The maximum absolute atomic E-state index is 13.6. The monoisotopic (exact) mass is 460 g/mol. The second kappa shape index (κ2) is 8.95. The van der Waals surface area contributed by atoms with Crippen molar-refractivity contribution in [1.29, 1.82) is 0 Å². The molecule has 2 fully saturated rings. The zero-order chi connectivity index (χ0) is 23.8. The van der Waals surface area contributed by atoms with Gasteiger partial charge in [0.1, 0.15) is 5.54 Å². The zero-order valence-electron chi connectivity index (χ0n) is 19.3. The van der Waals surface area contributed by atoms with Crippen LogP contribution in [0.15, 0.2) is 42.5 Å². The number of benzene rings is 2. The highest BCUT2D eigenvalue weighted by Crippen LogP contribution is 2.48. The van der Waals surface area contributed by atoms with E-state index in [4.69, 9.17) is 18.8 Å². The number of thiocarbonyl (C=S) groups is 1. The van der Waals surface area contributed by atoms with Crippen molar-refractivity contribution in [2.75, 3.05) is 23.9 Å². The van der Waals surface area contributed by atoms with Crippen LogP contribution in [0.4, 0.5) is 17.1 Å². The van der Waals surface area contributed by atoms with Crippen molar-refractivity contribution in [2.24, 2.45) is 0 Å².